The molecule has 7 heteroatoms. The number of nitrogens with zero attached hydrogens (tertiary/aromatic N) is 1. The number of aryl methyl sites for hydroxylation is 2. The molecule has 2 aromatic rings. The predicted molar refractivity (Wildman–Crippen MR) is 91.8 cm³/mol. The Hall–Kier alpha value is -2.41. The van der Waals surface area contributed by atoms with Crippen molar-refractivity contribution < 1.29 is 19.4 Å². The summed E-state index contributed by atoms with van der Waals surface area (Å²) in [4.78, 5) is 26.5. The molecule has 6 nitrogen and oxygen atoms in total. The van der Waals surface area contributed by atoms with E-state index in [4.69, 9.17) is 9.84 Å². The van der Waals surface area contributed by atoms with E-state index in [-0.39, 0.29) is 18.0 Å². The molecule has 0 aliphatic rings. The summed E-state index contributed by atoms with van der Waals surface area (Å²) in [6.07, 6.45) is 0.785. The SMILES string of the molecule is Cc1ccc(C)c(OCCC(=O)NCCc2nc(C(=O)O)cs2)c1. The molecule has 0 unspecified atom stereocenters. The van der Waals surface area contributed by atoms with E-state index in [1.807, 2.05) is 32.0 Å². The smallest absolute Gasteiger partial charge is 0.355 e. The van der Waals surface area contributed by atoms with Crippen molar-refractivity contribution in [2.45, 2.75) is 26.7 Å². The van der Waals surface area contributed by atoms with E-state index in [1.165, 1.54) is 16.7 Å². The number of carbonyl (C=O) groups excluding carboxylic acids is 1. The van der Waals surface area contributed by atoms with Crippen LogP contribution >= 0.6 is 11.3 Å². The first kappa shape index (κ1) is 17.9. The molecule has 1 aromatic carbocycles. The van der Waals surface area contributed by atoms with Crippen molar-refractivity contribution in [2.24, 2.45) is 0 Å². The van der Waals surface area contributed by atoms with E-state index >= 15 is 0 Å². The quantitative estimate of drug-likeness (QED) is 0.765. The van der Waals surface area contributed by atoms with Gasteiger partial charge in [0.25, 0.3) is 0 Å². The largest absolute Gasteiger partial charge is 0.493 e. The number of thiazole rings is 1. The number of nitrogens with one attached hydrogen (secondary N) is 1. The molecule has 1 heterocycles. The Bertz CT molecular complexity index is 727. The second kappa shape index (κ2) is 8.44. The third kappa shape index (κ3) is 5.34. The minimum Gasteiger partial charge on any atom is -0.493 e. The molecular formula is C17H20N2O4S. The van der Waals surface area contributed by atoms with Crippen LogP contribution in [0.1, 0.15) is 33.0 Å². The van der Waals surface area contributed by atoms with Crippen molar-refractivity contribution >= 4 is 23.2 Å². The lowest BCUT2D eigenvalue weighted by Gasteiger charge is -2.10. The summed E-state index contributed by atoms with van der Waals surface area (Å²) in [6, 6.07) is 5.96. The lowest BCUT2D eigenvalue weighted by atomic mass is 10.1. The molecular weight excluding hydrogens is 328 g/mol. The molecule has 2 N–H and O–H groups in total. The zero-order valence-corrected chi connectivity index (χ0v) is 14.5. The molecule has 1 aromatic heterocycles. The number of hydrogen-bond donors (Lipinski definition) is 2. The van der Waals surface area contributed by atoms with Gasteiger partial charge in [0.05, 0.1) is 18.0 Å². The van der Waals surface area contributed by atoms with E-state index in [0.717, 1.165) is 16.9 Å². The minimum atomic E-state index is -1.04. The molecule has 0 atom stereocenters. The highest BCUT2D eigenvalue weighted by Crippen LogP contribution is 2.19. The Labute approximate surface area is 144 Å². The molecule has 0 saturated heterocycles. The van der Waals surface area contributed by atoms with Gasteiger partial charge in [0.2, 0.25) is 5.91 Å². The fraction of sp³-hybridized carbons (Fsp3) is 0.353. The van der Waals surface area contributed by atoms with Crippen molar-refractivity contribution in [3.63, 3.8) is 0 Å². The molecule has 128 valence electrons. The fourth-order valence-corrected chi connectivity index (χ4v) is 2.81. The summed E-state index contributed by atoms with van der Waals surface area (Å²) < 4.78 is 5.65. The Morgan fingerprint density at radius 2 is 2.12 bits per heavy atom. The molecule has 0 spiro atoms. The van der Waals surface area contributed by atoms with Gasteiger partial charge < -0.3 is 15.2 Å². The average molecular weight is 348 g/mol. The standard InChI is InChI=1S/C17H20N2O4S/c1-11-3-4-12(2)14(9-11)23-8-6-15(20)18-7-5-16-19-13(10-24-16)17(21)22/h3-4,9-10H,5-8H2,1-2H3,(H,18,20)(H,21,22). The highest BCUT2D eigenvalue weighted by atomic mass is 32.1. The predicted octanol–water partition coefficient (Wildman–Crippen LogP) is 2.59. The summed E-state index contributed by atoms with van der Waals surface area (Å²) in [5.41, 5.74) is 2.20. The van der Waals surface area contributed by atoms with Gasteiger partial charge in [0.1, 0.15) is 5.75 Å². The normalized spacial score (nSPS) is 10.4. The number of carboxylic acids is 1. The van der Waals surface area contributed by atoms with Gasteiger partial charge in [-0.05, 0) is 31.0 Å². The molecule has 0 fully saturated rings. The summed E-state index contributed by atoms with van der Waals surface area (Å²) in [6.45, 7) is 4.70. The van der Waals surface area contributed by atoms with Crippen LogP contribution in [0, 0.1) is 13.8 Å². The number of carbonyl (C=O) groups is 2. The molecule has 1 amide bonds. The van der Waals surface area contributed by atoms with Crippen molar-refractivity contribution in [1.29, 1.82) is 0 Å². The summed E-state index contributed by atoms with van der Waals surface area (Å²) in [5, 5.41) is 13.8. The first-order valence-electron chi connectivity index (χ1n) is 7.60. The van der Waals surface area contributed by atoms with Gasteiger partial charge in [-0.25, -0.2) is 9.78 Å². The maximum atomic E-state index is 11.8. The fourth-order valence-electron chi connectivity index (χ4n) is 2.04. The average Bonchev–Trinajstić information content (AvgIpc) is 3.00. The Balaban J connectivity index is 1.68. The molecule has 0 bridgehead atoms. The highest BCUT2D eigenvalue weighted by Gasteiger charge is 2.09. The van der Waals surface area contributed by atoms with Crippen molar-refractivity contribution in [3.8, 4) is 5.75 Å². The van der Waals surface area contributed by atoms with Crippen LogP contribution in [0.25, 0.3) is 0 Å². The second-order valence-corrected chi connectivity index (χ2v) is 6.34. The van der Waals surface area contributed by atoms with Crippen LogP contribution in [0.3, 0.4) is 0 Å². The number of aromatic nitrogens is 1. The maximum Gasteiger partial charge on any atom is 0.355 e. The van der Waals surface area contributed by atoms with E-state index in [9.17, 15) is 9.59 Å². The number of amides is 1. The number of benzene rings is 1. The highest BCUT2D eigenvalue weighted by molar-refractivity contribution is 7.09. The van der Waals surface area contributed by atoms with Crippen LogP contribution in [-0.2, 0) is 11.2 Å². The zero-order chi connectivity index (χ0) is 17.5. The third-order valence-corrected chi connectivity index (χ3v) is 4.27. The molecule has 0 aliphatic heterocycles. The third-order valence-electron chi connectivity index (χ3n) is 3.36. The number of aromatic carboxylic acids is 1. The summed E-state index contributed by atoms with van der Waals surface area (Å²) in [7, 11) is 0. The minimum absolute atomic E-state index is 0.0447. The van der Waals surface area contributed by atoms with Crippen LogP contribution in [0.4, 0.5) is 0 Å². The lowest BCUT2D eigenvalue weighted by Crippen LogP contribution is -2.27. The van der Waals surface area contributed by atoms with Gasteiger partial charge in [0.15, 0.2) is 5.69 Å². The Morgan fingerprint density at radius 1 is 1.33 bits per heavy atom. The number of carboxylic acid groups (broad SMARTS) is 1. The maximum absolute atomic E-state index is 11.8. The van der Waals surface area contributed by atoms with Crippen LogP contribution in [-0.4, -0.2) is 35.1 Å². The number of ether oxygens (including phenoxy) is 1. The van der Waals surface area contributed by atoms with Gasteiger partial charge in [-0.2, -0.15) is 0 Å². The van der Waals surface area contributed by atoms with Crippen LogP contribution in [0.2, 0.25) is 0 Å². The van der Waals surface area contributed by atoms with Crippen LogP contribution in [0.15, 0.2) is 23.6 Å². The van der Waals surface area contributed by atoms with Crippen molar-refractivity contribution in [1.82, 2.24) is 10.3 Å². The first-order valence-corrected chi connectivity index (χ1v) is 8.48. The molecule has 0 saturated carbocycles. The molecule has 0 aliphatic carbocycles. The van der Waals surface area contributed by atoms with Crippen LogP contribution in [0.5, 0.6) is 5.75 Å². The summed E-state index contributed by atoms with van der Waals surface area (Å²) >= 11 is 1.28. The summed E-state index contributed by atoms with van der Waals surface area (Å²) in [5.74, 6) is -0.341. The van der Waals surface area contributed by atoms with Gasteiger partial charge >= 0.3 is 5.97 Å². The Kier molecular flexibility index (Phi) is 6.31. The lowest BCUT2D eigenvalue weighted by molar-refractivity contribution is -0.121. The van der Waals surface area contributed by atoms with Gasteiger partial charge in [-0.3, -0.25) is 4.79 Å². The van der Waals surface area contributed by atoms with Crippen molar-refractivity contribution in [3.05, 3.63) is 45.4 Å². The first-order chi connectivity index (χ1) is 11.5. The number of hydrogen-bond acceptors (Lipinski definition) is 5. The van der Waals surface area contributed by atoms with Crippen molar-refractivity contribution in [2.75, 3.05) is 13.2 Å². The van der Waals surface area contributed by atoms with Gasteiger partial charge in [-0.15, -0.1) is 11.3 Å². The van der Waals surface area contributed by atoms with E-state index in [2.05, 4.69) is 10.3 Å². The van der Waals surface area contributed by atoms with Gasteiger partial charge in [0, 0.05) is 18.3 Å². The zero-order valence-electron chi connectivity index (χ0n) is 13.7. The Morgan fingerprint density at radius 3 is 2.83 bits per heavy atom. The van der Waals surface area contributed by atoms with E-state index < -0.39 is 5.97 Å². The number of rotatable bonds is 8. The molecule has 0 radical (unpaired) electrons. The topological polar surface area (TPSA) is 88.5 Å². The molecule has 2 rings (SSSR count). The monoisotopic (exact) mass is 348 g/mol. The van der Waals surface area contributed by atoms with Gasteiger partial charge in [-0.1, -0.05) is 12.1 Å². The van der Waals surface area contributed by atoms with E-state index in [1.54, 1.807) is 0 Å². The van der Waals surface area contributed by atoms with Crippen LogP contribution < -0.4 is 10.1 Å². The molecule has 24 heavy (non-hydrogen) atoms. The second-order valence-electron chi connectivity index (χ2n) is 5.40. The van der Waals surface area contributed by atoms with E-state index in [0.29, 0.717) is 24.6 Å².